The molecule has 0 aromatic heterocycles. The molecule has 1 aromatic carbocycles. The van der Waals surface area contributed by atoms with Crippen molar-refractivity contribution in [3.63, 3.8) is 0 Å². The normalized spacial score (nSPS) is 19.0. The van der Waals surface area contributed by atoms with Crippen LogP contribution in [-0.4, -0.2) is 25.3 Å². The van der Waals surface area contributed by atoms with E-state index in [2.05, 4.69) is 4.72 Å². The second-order valence-electron chi connectivity index (χ2n) is 5.60. The van der Waals surface area contributed by atoms with E-state index in [-0.39, 0.29) is 17.2 Å². The number of halogens is 2. The summed E-state index contributed by atoms with van der Waals surface area (Å²) in [4.78, 5) is 0. The largest absolute Gasteiger partial charge is 0.387 e. The molecule has 0 saturated heterocycles. The zero-order valence-corrected chi connectivity index (χ0v) is 12.5. The molecule has 0 bridgehead atoms. The van der Waals surface area contributed by atoms with Crippen LogP contribution in [0.3, 0.4) is 0 Å². The van der Waals surface area contributed by atoms with Gasteiger partial charge in [0.1, 0.15) is 0 Å². The maximum atomic E-state index is 13.1. The monoisotopic (exact) mass is 319 g/mol. The SMILES string of the molecule is CC(NS(=O)(=O)CC1CCC1)C(O)c1ccc(F)c(F)c1. The number of rotatable bonds is 6. The van der Waals surface area contributed by atoms with Gasteiger partial charge in [-0.15, -0.1) is 0 Å². The molecule has 0 aliphatic heterocycles. The van der Waals surface area contributed by atoms with E-state index in [1.54, 1.807) is 0 Å². The van der Waals surface area contributed by atoms with Crippen LogP contribution in [0.2, 0.25) is 0 Å². The lowest BCUT2D eigenvalue weighted by Crippen LogP contribution is -2.40. The molecule has 1 aromatic rings. The Morgan fingerprint density at radius 1 is 1.33 bits per heavy atom. The summed E-state index contributed by atoms with van der Waals surface area (Å²) in [6, 6.07) is 2.19. The highest BCUT2D eigenvalue weighted by atomic mass is 32.2. The van der Waals surface area contributed by atoms with Crippen LogP contribution in [-0.2, 0) is 10.0 Å². The number of aliphatic hydroxyl groups is 1. The second-order valence-corrected chi connectivity index (χ2v) is 7.40. The molecule has 1 saturated carbocycles. The van der Waals surface area contributed by atoms with Gasteiger partial charge in [0.25, 0.3) is 0 Å². The first-order chi connectivity index (χ1) is 9.78. The summed E-state index contributed by atoms with van der Waals surface area (Å²) in [6.07, 6.45) is 1.62. The highest BCUT2D eigenvalue weighted by Gasteiger charge is 2.28. The van der Waals surface area contributed by atoms with E-state index in [4.69, 9.17) is 0 Å². The average molecular weight is 319 g/mol. The molecule has 2 rings (SSSR count). The van der Waals surface area contributed by atoms with Crippen LogP contribution in [0.1, 0.15) is 37.9 Å². The van der Waals surface area contributed by atoms with Crippen LogP contribution in [0.25, 0.3) is 0 Å². The first-order valence-corrected chi connectivity index (χ1v) is 8.57. The lowest BCUT2D eigenvalue weighted by Gasteiger charge is -2.27. The molecule has 1 fully saturated rings. The lowest BCUT2D eigenvalue weighted by atomic mass is 9.87. The molecule has 0 radical (unpaired) electrons. The summed E-state index contributed by atoms with van der Waals surface area (Å²) >= 11 is 0. The number of hydrogen-bond donors (Lipinski definition) is 2. The molecule has 118 valence electrons. The quantitative estimate of drug-likeness (QED) is 0.844. The molecule has 1 aliphatic rings. The van der Waals surface area contributed by atoms with E-state index >= 15 is 0 Å². The van der Waals surface area contributed by atoms with Crippen molar-refractivity contribution < 1.29 is 22.3 Å². The highest BCUT2D eigenvalue weighted by Crippen LogP contribution is 2.28. The topological polar surface area (TPSA) is 66.4 Å². The van der Waals surface area contributed by atoms with Crippen LogP contribution in [0.4, 0.5) is 8.78 Å². The van der Waals surface area contributed by atoms with Crippen LogP contribution in [0.15, 0.2) is 18.2 Å². The van der Waals surface area contributed by atoms with Gasteiger partial charge in [-0.1, -0.05) is 12.5 Å². The van der Waals surface area contributed by atoms with Gasteiger partial charge in [0.15, 0.2) is 11.6 Å². The Balaban J connectivity index is 2.00. The second kappa shape index (κ2) is 6.37. The first-order valence-electron chi connectivity index (χ1n) is 6.91. The van der Waals surface area contributed by atoms with Gasteiger partial charge in [-0.25, -0.2) is 21.9 Å². The molecule has 4 nitrogen and oxygen atoms in total. The Morgan fingerprint density at radius 3 is 2.52 bits per heavy atom. The Morgan fingerprint density at radius 2 is 2.00 bits per heavy atom. The van der Waals surface area contributed by atoms with Crippen LogP contribution in [0, 0.1) is 17.6 Å². The van der Waals surface area contributed by atoms with Crippen LogP contribution < -0.4 is 4.72 Å². The van der Waals surface area contributed by atoms with E-state index in [0.29, 0.717) is 0 Å². The zero-order chi connectivity index (χ0) is 15.6. The third-order valence-electron chi connectivity index (χ3n) is 3.80. The van der Waals surface area contributed by atoms with E-state index < -0.39 is 33.8 Å². The number of aliphatic hydroxyl groups excluding tert-OH is 1. The molecule has 2 atom stereocenters. The number of benzene rings is 1. The summed E-state index contributed by atoms with van der Waals surface area (Å²) < 4.78 is 52.3. The highest BCUT2D eigenvalue weighted by molar-refractivity contribution is 7.89. The average Bonchev–Trinajstić information content (AvgIpc) is 2.36. The molecule has 0 spiro atoms. The van der Waals surface area contributed by atoms with Gasteiger partial charge in [0.2, 0.25) is 10.0 Å². The summed E-state index contributed by atoms with van der Waals surface area (Å²) in [5, 5.41) is 10.1. The fraction of sp³-hybridized carbons (Fsp3) is 0.571. The Bertz CT molecular complexity index is 602. The summed E-state index contributed by atoms with van der Waals surface area (Å²) in [5.41, 5.74) is 0.132. The Kier molecular flexibility index (Phi) is 4.95. The van der Waals surface area contributed by atoms with E-state index in [1.807, 2.05) is 0 Å². The van der Waals surface area contributed by atoms with Gasteiger partial charge in [0.05, 0.1) is 11.9 Å². The smallest absolute Gasteiger partial charge is 0.212 e. The van der Waals surface area contributed by atoms with Crippen molar-refractivity contribution in [1.82, 2.24) is 4.72 Å². The standard InChI is InChI=1S/C14H19F2NO3S/c1-9(17-21(19,20)8-10-3-2-4-10)14(18)11-5-6-12(15)13(16)7-11/h5-7,9-10,14,17-18H,2-4,8H2,1H3. The number of hydrogen-bond acceptors (Lipinski definition) is 3. The molecule has 1 aliphatic carbocycles. The van der Waals surface area contributed by atoms with Gasteiger partial charge in [-0.2, -0.15) is 0 Å². The van der Waals surface area contributed by atoms with Crippen molar-refractivity contribution in [3.8, 4) is 0 Å². The minimum atomic E-state index is -3.49. The third kappa shape index (κ3) is 4.21. The van der Waals surface area contributed by atoms with Crippen molar-refractivity contribution in [2.24, 2.45) is 5.92 Å². The van der Waals surface area contributed by atoms with E-state index in [1.165, 1.54) is 13.0 Å². The van der Waals surface area contributed by atoms with Crippen molar-refractivity contribution in [3.05, 3.63) is 35.4 Å². The minimum Gasteiger partial charge on any atom is -0.387 e. The molecule has 0 amide bonds. The lowest BCUT2D eigenvalue weighted by molar-refractivity contribution is 0.145. The van der Waals surface area contributed by atoms with Gasteiger partial charge in [0, 0.05) is 6.04 Å². The van der Waals surface area contributed by atoms with Gasteiger partial charge in [-0.3, -0.25) is 0 Å². The molecule has 0 heterocycles. The predicted octanol–water partition coefficient (Wildman–Crippen LogP) is 2.11. The van der Waals surface area contributed by atoms with Crippen molar-refractivity contribution >= 4 is 10.0 Å². The predicted molar refractivity (Wildman–Crippen MR) is 75.0 cm³/mol. The fourth-order valence-electron chi connectivity index (χ4n) is 2.35. The first kappa shape index (κ1) is 16.3. The van der Waals surface area contributed by atoms with Crippen molar-refractivity contribution in [2.45, 2.75) is 38.3 Å². The zero-order valence-electron chi connectivity index (χ0n) is 11.7. The molecular weight excluding hydrogens is 300 g/mol. The summed E-state index contributed by atoms with van der Waals surface area (Å²) in [7, 11) is -3.49. The molecule has 21 heavy (non-hydrogen) atoms. The Labute approximate surface area is 123 Å². The van der Waals surface area contributed by atoms with Crippen molar-refractivity contribution in [1.29, 1.82) is 0 Å². The van der Waals surface area contributed by atoms with Crippen LogP contribution in [0.5, 0.6) is 0 Å². The van der Waals surface area contributed by atoms with Gasteiger partial charge in [-0.05, 0) is 43.4 Å². The maximum Gasteiger partial charge on any atom is 0.212 e. The van der Waals surface area contributed by atoms with Crippen LogP contribution >= 0.6 is 0 Å². The van der Waals surface area contributed by atoms with E-state index in [0.717, 1.165) is 31.4 Å². The molecule has 2 N–H and O–H groups in total. The molecule has 2 unspecified atom stereocenters. The van der Waals surface area contributed by atoms with Crippen molar-refractivity contribution in [2.75, 3.05) is 5.75 Å². The summed E-state index contributed by atoms with van der Waals surface area (Å²) in [6.45, 7) is 1.49. The van der Waals surface area contributed by atoms with Gasteiger partial charge >= 0.3 is 0 Å². The van der Waals surface area contributed by atoms with E-state index in [9.17, 15) is 22.3 Å². The minimum absolute atomic E-state index is 0.0435. The summed E-state index contributed by atoms with van der Waals surface area (Å²) in [5.74, 6) is -1.86. The van der Waals surface area contributed by atoms with Gasteiger partial charge < -0.3 is 5.11 Å². The fourth-order valence-corrected chi connectivity index (χ4v) is 4.10. The number of nitrogens with one attached hydrogen (secondary N) is 1. The molecular formula is C14H19F2NO3S. The molecule has 7 heteroatoms. The number of sulfonamides is 1. The maximum absolute atomic E-state index is 13.1. The Hall–Kier alpha value is -1.05. The third-order valence-corrected chi connectivity index (χ3v) is 5.45.